The van der Waals surface area contributed by atoms with Gasteiger partial charge in [-0.3, -0.25) is 14.9 Å². The summed E-state index contributed by atoms with van der Waals surface area (Å²) in [5.74, 6) is -0.503. The molecule has 0 aliphatic rings. The molecule has 1 unspecified atom stereocenters. The number of halogens is 1. The molecule has 0 spiro atoms. The predicted octanol–water partition coefficient (Wildman–Crippen LogP) is 1.99. The van der Waals surface area contributed by atoms with Gasteiger partial charge in [-0.1, -0.05) is 11.6 Å². The first-order valence-corrected chi connectivity index (χ1v) is 6.27. The summed E-state index contributed by atoms with van der Waals surface area (Å²) >= 11 is 5.80. The number of non-ortho nitro benzene ring substituents is 1. The summed E-state index contributed by atoms with van der Waals surface area (Å²) in [5, 5.41) is 13.4. The molecule has 1 atom stereocenters. The molecular weight excluding hydrogens is 286 g/mol. The Hall–Kier alpha value is -1.86. The molecule has 1 aromatic rings. The highest BCUT2D eigenvalue weighted by molar-refractivity contribution is 6.34. The zero-order chi connectivity index (χ0) is 15.3. The van der Waals surface area contributed by atoms with E-state index in [0.717, 1.165) is 12.1 Å². The Balaban J connectivity index is 2.94. The third-order valence-electron chi connectivity index (χ3n) is 2.70. The van der Waals surface area contributed by atoms with Crippen LogP contribution in [0.3, 0.4) is 0 Å². The lowest BCUT2D eigenvalue weighted by molar-refractivity contribution is -0.384. The van der Waals surface area contributed by atoms with Crippen LogP contribution in [0, 0.1) is 10.1 Å². The average molecular weight is 302 g/mol. The van der Waals surface area contributed by atoms with Crippen molar-refractivity contribution in [1.29, 1.82) is 0 Å². The second kappa shape index (κ2) is 7.06. The van der Waals surface area contributed by atoms with Crippen LogP contribution in [0.15, 0.2) is 12.1 Å². The molecule has 0 aliphatic carbocycles. The van der Waals surface area contributed by atoms with E-state index in [2.05, 4.69) is 5.32 Å². The zero-order valence-corrected chi connectivity index (χ0v) is 11.9. The van der Waals surface area contributed by atoms with Gasteiger partial charge < -0.3 is 15.8 Å². The van der Waals surface area contributed by atoms with E-state index < -0.39 is 10.8 Å². The highest BCUT2D eigenvalue weighted by Crippen LogP contribution is 2.28. The Morgan fingerprint density at radius 2 is 2.25 bits per heavy atom. The fraction of sp³-hybridized carbons (Fsp3) is 0.417. The molecule has 0 saturated heterocycles. The molecule has 1 amide bonds. The molecule has 0 heterocycles. The van der Waals surface area contributed by atoms with Crippen LogP contribution in [-0.4, -0.2) is 30.6 Å². The summed E-state index contributed by atoms with van der Waals surface area (Å²) in [6.45, 7) is 2.29. The van der Waals surface area contributed by atoms with Crippen molar-refractivity contribution in [2.75, 3.05) is 19.5 Å². The summed E-state index contributed by atoms with van der Waals surface area (Å²) in [6, 6.07) is 2.07. The van der Waals surface area contributed by atoms with Gasteiger partial charge in [0.25, 0.3) is 11.6 Å². The van der Waals surface area contributed by atoms with Gasteiger partial charge in [-0.25, -0.2) is 0 Å². The lowest BCUT2D eigenvalue weighted by Crippen LogP contribution is -2.33. The third-order valence-corrected chi connectivity index (χ3v) is 3.01. The van der Waals surface area contributed by atoms with Crippen LogP contribution in [0.25, 0.3) is 0 Å². The fourth-order valence-corrected chi connectivity index (χ4v) is 1.78. The van der Waals surface area contributed by atoms with Gasteiger partial charge in [0.15, 0.2) is 0 Å². The number of nitrogen functional groups attached to an aromatic ring is 1. The Bertz CT molecular complexity index is 522. The van der Waals surface area contributed by atoms with Crippen LogP contribution in [0.2, 0.25) is 5.02 Å². The molecular formula is C12H16ClN3O4. The topological polar surface area (TPSA) is 107 Å². The summed E-state index contributed by atoms with van der Waals surface area (Å²) in [4.78, 5) is 22.2. The van der Waals surface area contributed by atoms with Crippen molar-refractivity contribution >= 4 is 28.9 Å². The summed E-state index contributed by atoms with van der Waals surface area (Å²) < 4.78 is 4.91. The number of nitrogens with one attached hydrogen (secondary N) is 1. The molecule has 0 saturated carbocycles. The third kappa shape index (κ3) is 4.07. The highest BCUT2D eigenvalue weighted by atomic mass is 35.5. The van der Waals surface area contributed by atoms with Crippen molar-refractivity contribution in [2.24, 2.45) is 0 Å². The molecule has 3 N–H and O–H groups in total. The molecule has 0 radical (unpaired) electrons. The second-order valence-corrected chi connectivity index (χ2v) is 4.71. The number of hydrogen-bond acceptors (Lipinski definition) is 5. The maximum atomic E-state index is 12.1. The van der Waals surface area contributed by atoms with Crippen LogP contribution in [-0.2, 0) is 4.74 Å². The number of nitrogens with zero attached hydrogens (tertiary/aromatic N) is 1. The number of rotatable bonds is 6. The number of nitro benzene ring substituents is 1. The predicted molar refractivity (Wildman–Crippen MR) is 75.9 cm³/mol. The molecule has 0 bridgehead atoms. The molecule has 20 heavy (non-hydrogen) atoms. The number of hydrogen-bond donors (Lipinski definition) is 2. The Morgan fingerprint density at radius 1 is 1.60 bits per heavy atom. The first kappa shape index (κ1) is 16.2. The number of carbonyl (C=O) groups excluding carboxylic acids is 1. The summed E-state index contributed by atoms with van der Waals surface area (Å²) in [5.41, 5.74) is 5.43. The van der Waals surface area contributed by atoms with E-state index in [1.165, 1.54) is 0 Å². The molecule has 110 valence electrons. The number of nitro groups is 1. The average Bonchev–Trinajstić information content (AvgIpc) is 2.38. The minimum atomic E-state index is -0.629. The van der Waals surface area contributed by atoms with Crippen LogP contribution in [0.4, 0.5) is 11.4 Å². The van der Waals surface area contributed by atoms with Gasteiger partial charge >= 0.3 is 0 Å². The van der Waals surface area contributed by atoms with Crippen molar-refractivity contribution in [2.45, 2.75) is 19.4 Å². The number of anilines is 1. The fourth-order valence-electron chi connectivity index (χ4n) is 1.57. The smallest absolute Gasteiger partial charge is 0.271 e. The quantitative estimate of drug-likeness (QED) is 0.474. The lowest BCUT2D eigenvalue weighted by atomic mass is 10.1. The molecule has 0 aliphatic heterocycles. The second-order valence-electron chi connectivity index (χ2n) is 4.30. The number of methoxy groups -OCH3 is 1. The minimum absolute atomic E-state index is 0.00605. The van der Waals surface area contributed by atoms with Crippen LogP contribution < -0.4 is 11.1 Å². The molecule has 7 nitrogen and oxygen atoms in total. The SMILES string of the molecule is COCCC(C)NC(=O)c1cc([N+](=O)[O-])cc(Cl)c1N. The van der Waals surface area contributed by atoms with Gasteiger partial charge in [0.1, 0.15) is 0 Å². The van der Waals surface area contributed by atoms with Gasteiger partial charge in [-0.2, -0.15) is 0 Å². The lowest BCUT2D eigenvalue weighted by Gasteiger charge is -2.14. The van der Waals surface area contributed by atoms with Crippen molar-refractivity contribution in [3.05, 3.63) is 32.8 Å². The molecule has 8 heteroatoms. The van der Waals surface area contributed by atoms with Crippen molar-refractivity contribution in [3.8, 4) is 0 Å². The van der Waals surface area contributed by atoms with Crippen molar-refractivity contribution in [3.63, 3.8) is 0 Å². The first-order valence-electron chi connectivity index (χ1n) is 5.90. The highest BCUT2D eigenvalue weighted by Gasteiger charge is 2.19. The molecule has 0 aromatic heterocycles. The molecule has 1 aromatic carbocycles. The maximum absolute atomic E-state index is 12.1. The number of benzene rings is 1. The van der Waals surface area contributed by atoms with Crippen molar-refractivity contribution < 1.29 is 14.5 Å². The van der Waals surface area contributed by atoms with Crippen molar-refractivity contribution in [1.82, 2.24) is 5.32 Å². The normalized spacial score (nSPS) is 11.9. The number of carbonyl (C=O) groups is 1. The summed E-state index contributed by atoms with van der Waals surface area (Å²) in [6.07, 6.45) is 0.616. The van der Waals surface area contributed by atoms with Gasteiger partial charge in [-0.05, 0) is 13.3 Å². The summed E-state index contributed by atoms with van der Waals surface area (Å²) in [7, 11) is 1.56. The Labute approximate surface area is 121 Å². The van der Waals surface area contributed by atoms with E-state index in [-0.39, 0.29) is 28.0 Å². The minimum Gasteiger partial charge on any atom is -0.397 e. The van der Waals surface area contributed by atoms with E-state index in [9.17, 15) is 14.9 Å². The number of ether oxygens (including phenoxy) is 1. The maximum Gasteiger partial charge on any atom is 0.271 e. The van der Waals surface area contributed by atoms with Gasteiger partial charge in [-0.15, -0.1) is 0 Å². The van der Waals surface area contributed by atoms with E-state index in [1.54, 1.807) is 14.0 Å². The van der Waals surface area contributed by atoms with Crippen LogP contribution >= 0.6 is 11.6 Å². The van der Waals surface area contributed by atoms with Gasteiger partial charge in [0.05, 0.1) is 21.2 Å². The van der Waals surface area contributed by atoms with Crippen LogP contribution in [0.1, 0.15) is 23.7 Å². The monoisotopic (exact) mass is 301 g/mol. The zero-order valence-electron chi connectivity index (χ0n) is 11.2. The first-order chi connectivity index (χ1) is 9.36. The Morgan fingerprint density at radius 3 is 2.80 bits per heavy atom. The standard InChI is InChI=1S/C12H16ClN3O4/c1-7(3-4-20-2)15-12(17)9-5-8(16(18)19)6-10(13)11(9)14/h5-7H,3-4,14H2,1-2H3,(H,15,17). The number of nitrogens with two attached hydrogens (primary N) is 1. The Kier molecular flexibility index (Phi) is 5.72. The van der Waals surface area contributed by atoms with E-state index in [1.807, 2.05) is 0 Å². The number of amides is 1. The molecule has 1 rings (SSSR count). The van der Waals surface area contributed by atoms with E-state index in [4.69, 9.17) is 22.1 Å². The largest absolute Gasteiger partial charge is 0.397 e. The van der Waals surface area contributed by atoms with E-state index in [0.29, 0.717) is 13.0 Å². The van der Waals surface area contributed by atoms with E-state index >= 15 is 0 Å². The van der Waals surface area contributed by atoms with Gasteiger partial charge in [0.2, 0.25) is 0 Å². The van der Waals surface area contributed by atoms with Gasteiger partial charge in [0, 0.05) is 31.9 Å². The van der Waals surface area contributed by atoms with Crippen LogP contribution in [0.5, 0.6) is 0 Å². The molecule has 0 fully saturated rings.